The van der Waals surface area contributed by atoms with Crippen molar-refractivity contribution in [2.75, 3.05) is 14.2 Å². The van der Waals surface area contributed by atoms with E-state index in [9.17, 15) is 14.3 Å². The van der Waals surface area contributed by atoms with Crippen molar-refractivity contribution in [2.45, 2.75) is 42.9 Å². The average molecular weight is 556 g/mol. The molecule has 1 saturated carbocycles. The molecule has 2 aromatic carbocycles. The standard InChI is InChI=1S/C28H27BrFNO5/c1-4-25(32)31-24-13-21(16-6-5-7-19(30)12-16)28(17-8-10-18(29)11-9-17)27(24,33)26-20(15-36-28)22(34-2)14-23(26)35-3/h5-12,14-15,21,24,33H,4,13H2,1-3H3,(H,31,32). The molecule has 0 spiro atoms. The Morgan fingerprint density at radius 2 is 1.97 bits per heavy atom. The van der Waals surface area contributed by atoms with E-state index in [2.05, 4.69) is 21.2 Å². The number of carbonyl (C=O) groups is 1. The van der Waals surface area contributed by atoms with E-state index in [1.807, 2.05) is 30.3 Å². The lowest BCUT2D eigenvalue weighted by Gasteiger charge is -2.50. The summed E-state index contributed by atoms with van der Waals surface area (Å²) in [5.74, 6) is -0.227. The van der Waals surface area contributed by atoms with Crippen LogP contribution in [0.5, 0.6) is 0 Å². The Kier molecular flexibility index (Phi) is 6.21. The van der Waals surface area contributed by atoms with Crippen molar-refractivity contribution in [3.8, 4) is 0 Å². The van der Waals surface area contributed by atoms with E-state index in [-0.39, 0.29) is 12.3 Å². The van der Waals surface area contributed by atoms with Crippen molar-refractivity contribution in [3.63, 3.8) is 0 Å². The van der Waals surface area contributed by atoms with Crippen molar-refractivity contribution in [2.24, 2.45) is 0 Å². The number of hydrogen-bond donors (Lipinski definition) is 2. The summed E-state index contributed by atoms with van der Waals surface area (Å²) in [6, 6.07) is 13.0. The zero-order valence-corrected chi connectivity index (χ0v) is 21.8. The summed E-state index contributed by atoms with van der Waals surface area (Å²) >= 11 is 3.48. The summed E-state index contributed by atoms with van der Waals surface area (Å²) in [6.45, 7) is 1.75. The first-order chi connectivity index (χ1) is 17.3. The zero-order valence-electron chi connectivity index (χ0n) is 20.2. The number of amides is 1. The number of nitrogens with one attached hydrogen (secondary N) is 1. The van der Waals surface area contributed by atoms with Crippen LogP contribution in [-0.4, -0.2) is 36.9 Å². The minimum atomic E-state index is -1.78. The predicted molar refractivity (Wildman–Crippen MR) is 135 cm³/mol. The van der Waals surface area contributed by atoms with Gasteiger partial charge in [0.05, 0.1) is 32.1 Å². The molecular formula is C28H27BrFNO5. The Labute approximate surface area is 217 Å². The first-order valence-electron chi connectivity index (χ1n) is 11.8. The smallest absolute Gasteiger partial charge is 0.220 e. The maximum Gasteiger partial charge on any atom is 0.220 e. The molecule has 6 nitrogen and oxygen atoms in total. The molecule has 1 fully saturated rings. The van der Waals surface area contributed by atoms with Gasteiger partial charge in [-0.1, -0.05) is 47.1 Å². The van der Waals surface area contributed by atoms with Crippen molar-refractivity contribution in [3.05, 3.63) is 105 Å². The Morgan fingerprint density at radius 1 is 1.22 bits per heavy atom. The highest BCUT2D eigenvalue weighted by Gasteiger charge is 2.72. The normalized spacial score (nSPS) is 28.5. The number of benzene rings is 2. The summed E-state index contributed by atoms with van der Waals surface area (Å²) in [5, 5.41) is 16.0. The van der Waals surface area contributed by atoms with Crippen LogP contribution in [0.25, 0.3) is 0 Å². The molecule has 2 aliphatic carbocycles. The third-order valence-corrected chi connectivity index (χ3v) is 7.97. The molecule has 1 amide bonds. The summed E-state index contributed by atoms with van der Waals surface area (Å²) in [6.07, 6.45) is 3.81. The van der Waals surface area contributed by atoms with E-state index < -0.39 is 29.0 Å². The average Bonchev–Trinajstić information content (AvgIpc) is 3.38. The topological polar surface area (TPSA) is 77.0 Å². The van der Waals surface area contributed by atoms with Crippen LogP contribution in [0, 0.1) is 5.82 Å². The van der Waals surface area contributed by atoms with Gasteiger partial charge in [0.1, 0.15) is 17.3 Å². The van der Waals surface area contributed by atoms with Crippen LogP contribution in [0.3, 0.4) is 0 Å². The molecule has 36 heavy (non-hydrogen) atoms. The molecule has 0 radical (unpaired) electrons. The molecule has 2 aromatic rings. The van der Waals surface area contributed by atoms with Gasteiger partial charge < -0.3 is 24.6 Å². The van der Waals surface area contributed by atoms with Gasteiger partial charge in [-0.05, 0) is 41.8 Å². The van der Waals surface area contributed by atoms with Crippen molar-refractivity contribution >= 4 is 21.8 Å². The van der Waals surface area contributed by atoms with E-state index in [0.717, 1.165) is 4.47 Å². The molecule has 1 heterocycles. The van der Waals surface area contributed by atoms with E-state index in [0.29, 0.717) is 40.2 Å². The lowest BCUT2D eigenvalue weighted by atomic mass is 9.67. The largest absolute Gasteiger partial charge is 0.496 e. The number of methoxy groups -OCH3 is 2. The number of rotatable bonds is 6. The van der Waals surface area contributed by atoms with Gasteiger partial charge in [0.15, 0.2) is 11.2 Å². The summed E-state index contributed by atoms with van der Waals surface area (Å²) in [4.78, 5) is 12.7. The van der Waals surface area contributed by atoms with E-state index in [1.165, 1.54) is 26.4 Å². The summed E-state index contributed by atoms with van der Waals surface area (Å²) < 4.78 is 33.2. The number of hydrogen-bond acceptors (Lipinski definition) is 5. The van der Waals surface area contributed by atoms with Crippen LogP contribution in [0.15, 0.2) is 88.0 Å². The fourth-order valence-electron chi connectivity index (χ4n) is 5.89. The molecule has 0 bridgehead atoms. The third-order valence-electron chi connectivity index (χ3n) is 7.44. The Morgan fingerprint density at radius 3 is 2.61 bits per heavy atom. The molecule has 188 valence electrons. The first-order valence-corrected chi connectivity index (χ1v) is 12.6. The second-order valence-electron chi connectivity index (χ2n) is 9.13. The highest BCUT2D eigenvalue weighted by Crippen LogP contribution is 2.64. The highest BCUT2D eigenvalue weighted by molar-refractivity contribution is 9.10. The first kappa shape index (κ1) is 24.6. The van der Waals surface area contributed by atoms with Crippen LogP contribution >= 0.6 is 15.9 Å². The molecule has 5 rings (SSSR count). The number of halogens is 2. The third kappa shape index (κ3) is 3.42. The van der Waals surface area contributed by atoms with Crippen LogP contribution in [-0.2, 0) is 24.6 Å². The van der Waals surface area contributed by atoms with Gasteiger partial charge in [-0.15, -0.1) is 0 Å². The van der Waals surface area contributed by atoms with Crippen LogP contribution in [0.1, 0.15) is 36.8 Å². The SMILES string of the molecule is CCC(=O)NC1CC(c2cccc(F)c2)C2(c3ccc(Br)cc3)OC=C3C(OC)=CC(OC)=C3C12O. The van der Waals surface area contributed by atoms with Gasteiger partial charge in [0, 0.05) is 28.5 Å². The molecule has 3 aliphatic rings. The quantitative estimate of drug-likeness (QED) is 0.527. The molecule has 0 saturated heterocycles. The van der Waals surface area contributed by atoms with Gasteiger partial charge in [-0.3, -0.25) is 4.79 Å². The second-order valence-corrected chi connectivity index (χ2v) is 10.0. The van der Waals surface area contributed by atoms with Gasteiger partial charge in [-0.2, -0.15) is 0 Å². The van der Waals surface area contributed by atoms with Crippen molar-refractivity contribution in [1.29, 1.82) is 0 Å². The van der Waals surface area contributed by atoms with Gasteiger partial charge in [0.25, 0.3) is 0 Å². The number of aliphatic hydroxyl groups is 1. The molecular weight excluding hydrogens is 529 g/mol. The minimum Gasteiger partial charge on any atom is -0.496 e. The van der Waals surface area contributed by atoms with Crippen LogP contribution < -0.4 is 5.32 Å². The highest BCUT2D eigenvalue weighted by atomic mass is 79.9. The van der Waals surface area contributed by atoms with Gasteiger partial charge >= 0.3 is 0 Å². The van der Waals surface area contributed by atoms with Crippen LogP contribution in [0.4, 0.5) is 4.39 Å². The monoisotopic (exact) mass is 555 g/mol. The Hall–Kier alpha value is -3.10. The molecule has 1 aliphatic heterocycles. The number of carbonyl (C=O) groups excluding carboxylic acids is 1. The molecule has 0 aromatic heterocycles. The lowest BCUT2D eigenvalue weighted by Crippen LogP contribution is -2.63. The fraction of sp³-hybridized carbons (Fsp3) is 0.321. The lowest BCUT2D eigenvalue weighted by molar-refractivity contribution is -0.149. The maximum absolute atomic E-state index is 14.5. The van der Waals surface area contributed by atoms with Crippen LogP contribution in [0.2, 0.25) is 0 Å². The fourth-order valence-corrected chi connectivity index (χ4v) is 6.15. The number of fused-ring (bicyclic) bond motifs is 3. The molecule has 2 N–H and O–H groups in total. The Bertz CT molecular complexity index is 1300. The second kappa shape index (κ2) is 9.09. The summed E-state index contributed by atoms with van der Waals surface area (Å²) in [5.41, 5.74) is -0.850. The Balaban J connectivity index is 1.83. The summed E-state index contributed by atoms with van der Waals surface area (Å²) in [7, 11) is 3.05. The predicted octanol–water partition coefficient (Wildman–Crippen LogP) is 4.96. The zero-order chi connectivity index (χ0) is 25.7. The molecule has 4 atom stereocenters. The van der Waals surface area contributed by atoms with Crippen molar-refractivity contribution < 1.29 is 28.5 Å². The van der Waals surface area contributed by atoms with Gasteiger partial charge in [0.2, 0.25) is 5.91 Å². The maximum atomic E-state index is 14.5. The molecule has 4 unspecified atom stereocenters. The van der Waals surface area contributed by atoms with E-state index >= 15 is 0 Å². The van der Waals surface area contributed by atoms with Gasteiger partial charge in [-0.25, -0.2) is 4.39 Å². The van der Waals surface area contributed by atoms with E-state index in [1.54, 1.807) is 25.3 Å². The number of ether oxygens (including phenoxy) is 3. The minimum absolute atomic E-state index is 0.216. The van der Waals surface area contributed by atoms with Crippen molar-refractivity contribution in [1.82, 2.24) is 5.32 Å². The van der Waals surface area contributed by atoms with E-state index in [4.69, 9.17) is 14.2 Å². The number of allylic oxidation sites excluding steroid dienone is 2. The molecule has 8 heteroatoms.